The molecule has 0 saturated heterocycles. The van der Waals surface area contributed by atoms with Crippen molar-refractivity contribution in [1.29, 1.82) is 0 Å². The molecule has 0 aromatic carbocycles. The van der Waals surface area contributed by atoms with Crippen LogP contribution in [0.4, 0.5) is 0 Å². The zero-order chi connectivity index (χ0) is 12.7. The molecule has 1 nitrogen and oxygen atoms in total. The molecule has 0 atom stereocenters. The normalized spacial score (nSPS) is 6.93. The van der Waals surface area contributed by atoms with Crippen LogP contribution in [0.3, 0.4) is 0 Å². The second kappa shape index (κ2) is 18.8. The van der Waals surface area contributed by atoms with Crippen molar-refractivity contribution in [2.75, 3.05) is 0 Å². The minimum absolute atomic E-state index is 1.11. The zero-order valence-corrected chi connectivity index (χ0v) is 11.9. The molecule has 1 aromatic heterocycles. The third kappa shape index (κ3) is 11.1. The summed E-state index contributed by atoms with van der Waals surface area (Å²) in [5.74, 6) is 0. The first-order valence-corrected chi connectivity index (χ1v) is 6.24. The summed E-state index contributed by atoms with van der Waals surface area (Å²) in [5, 5.41) is 0. The van der Waals surface area contributed by atoms with Gasteiger partial charge in [-0.25, -0.2) is 0 Å². The van der Waals surface area contributed by atoms with Gasteiger partial charge in [0.25, 0.3) is 0 Å². The van der Waals surface area contributed by atoms with Crippen LogP contribution < -0.4 is 0 Å². The Morgan fingerprint density at radius 1 is 1.00 bits per heavy atom. The van der Waals surface area contributed by atoms with Gasteiger partial charge in [-0.3, -0.25) is 4.98 Å². The van der Waals surface area contributed by atoms with Gasteiger partial charge < -0.3 is 0 Å². The second-order valence-electron chi connectivity index (χ2n) is 2.16. The summed E-state index contributed by atoms with van der Waals surface area (Å²) < 4.78 is 0. The van der Waals surface area contributed by atoms with E-state index in [2.05, 4.69) is 24.9 Å². The molecule has 1 aromatic rings. The summed E-state index contributed by atoms with van der Waals surface area (Å²) in [6, 6.07) is 2.06. The first kappa shape index (κ1) is 19.7. The number of hydrogen-bond acceptors (Lipinski definition) is 1. The first-order valence-electron chi connectivity index (χ1n) is 6.24. The Morgan fingerprint density at radius 3 is 1.73 bits per heavy atom. The molecular formula is C14H29N. The van der Waals surface area contributed by atoms with E-state index >= 15 is 0 Å². The average Bonchev–Trinajstić information content (AvgIpc) is 2.37. The van der Waals surface area contributed by atoms with Crippen LogP contribution >= 0.6 is 0 Å². The third-order valence-electron chi connectivity index (χ3n) is 1.52. The van der Waals surface area contributed by atoms with E-state index in [1.165, 1.54) is 11.1 Å². The van der Waals surface area contributed by atoms with Crippen LogP contribution in [0.5, 0.6) is 0 Å². The van der Waals surface area contributed by atoms with Gasteiger partial charge >= 0.3 is 0 Å². The van der Waals surface area contributed by atoms with Crippen molar-refractivity contribution in [3.05, 3.63) is 29.6 Å². The molecule has 0 aliphatic rings. The van der Waals surface area contributed by atoms with Gasteiger partial charge in [0.1, 0.15) is 0 Å². The summed E-state index contributed by atoms with van der Waals surface area (Å²) >= 11 is 0. The molecule has 0 N–H and O–H groups in total. The van der Waals surface area contributed by atoms with Crippen molar-refractivity contribution in [3.63, 3.8) is 0 Å². The van der Waals surface area contributed by atoms with Crippen LogP contribution in [0.2, 0.25) is 0 Å². The number of pyridine rings is 1. The summed E-state index contributed by atoms with van der Waals surface area (Å²) in [5.41, 5.74) is 2.69. The molecular weight excluding hydrogens is 182 g/mol. The molecule has 0 bridgehead atoms. The Kier molecular flexibility index (Phi) is 24.7. The average molecular weight is 211 g/mol. The fourth-order valence-corrected chi connectivity index (χ4v) is 0.899. The lowest BCUT2D eigenvalue weighted by Gasteiger charge is -1.97. The maximum absolute atomic E-state index is 3.99. The highest BCUT2D eigenvalue weighted by atomic mass is 14.6. The number of aromatic nitrogens is 1. The van der Waals surface area contributed by atoms with E-state index in [0.717, 1.165) is 6.42 Å². The van der Waals surface area contributed by atoms with Gasteiger partial charge in [-0.05, 0) is 30.5 Å². The maximum atomic E-state index is 3.99. The molecule has 0 amide bonds. The van der Waals surface area contributed by atoms with Gasteiger partial charge in [-0.2, -0.15) is 0 Å². The van der Waals surface area contributed by atoms with Crippen LogP contribution in [0.1, 0.15) is 59.6 Å². The molecule has 0 saturated carbocycles. The lowest BCUT2D eigenvalue weighted by Crippen LogP contribution is -1.85. The Bertz CT molecular complexity index is 194. The predicted molar refractivity (Wildman–Crippen MR) is 72.4 cm³/mol. The molecule has 0 aliphatic carbocycles. The van der Waals surface area contributed by atoms with E-state index in [1.807, 2.05) is 53.9 Å². The van der Waals surface area contributed by atoms with Gasteiger partial charge in [0.15, 0.2) is 0 Å². The van der Waals surface area contributed by atoms with Crippen molar-refractivity contribution in [1.82, 2.24) is 4.98 Å². The zero-order valence-electron chi connectivity index (χ0n) is 11.9. The smallest absolute Gasteiger partial charge is 0.0299 e. The highest BCUT2D eigenvalue weighted by Crippen LogP contribution is 2.03. The molecule has 15 heavy (non-hydrogen) atoms. The molecule has 0 aliphatic heterocycles. The summed E-state index contributed by atoms with van der Waals surface area (Å²) in [6.07, 6.45) is 4.85. The Morgan fingerprint density at radius 2 is 1.47 bits per heavy atom. The number of aryl methyl sites for hydroxylation is 2. The molecule has 0 fully saturated rings. The van der Waals surface area contributed by atoms with Crippen molar-refractivity contribution >= 4 is 0 Å². The minimum Gasteiger partial charge on any atom is -0.264 e. The minimum atomic E-state index is 1.11. The van der Waals surface area contributed by atoms with Crippen LogP contribution in [0, 0.1) is 6.92 Å². The number of rotatable bonds is 1. The van der Waals surface area contributed by atoms with E-state index in [-0.39, 0.29) is 0 Å². The number of nitrogens with zero attached hydrogens (tertiary/aromatic N) is 1. The molecule has 1 heterocycles. The van der Waals surface area contributed by atoms with Crippen molar-refractivity contribution < 1.29 is 0 Å². The van der Waals surface area contributed by atoms with Crippen molar-refractivity contribution in [2.45, 2.75) is 61.8 Å². The summed E-state index contributed by atoms with van der Waals surface area (Å²) in [7, 11) is 0. The Hall–Kier alpha value is -0.850. The van der Waals surface area contributed by atoms with Crippen LogP contribution in [0.25, 0.3) is 0 Å². The van der Waals surface area contributed by atoms with E-state index in [0.29, 0.717) is 0 Å². The topological polar surface area (TPSA) is 12.9 Å². The first-order chi connectivity index (χ1) is 7.34. The van der Waals surface area contributed by atoms with Gasteiger partial charge in [-0.1, -0.05) is 48.5 Å². The molecule has 1 heteroatoms. The van der Waals surface area contributed by atoms with Gasteiger partial charge in [0, 0.05) is 12.4 Å². The van der Waals surface area contributed by atoms with Gasteiger partial charge in [0.05, 0.1) is 0 Å². The highest BCUT2D eigenvalue weighted by molar-refractivity contribution is 5.20. The fraction of sp³-hybridized carbons (Fsp3) is 0.643. The van der Waals surface area contributed by atoms with E-state index < -0.39 is 0 Å². The molecule has 1 rings (SSSR count). The maximum Gasteiger partial charge on any atom is 0.0299 e. The van der Waals surface area contributed by atoms with Crippen LogP contribution in [-0.4, -0.2) is 4.98 Å². The third-order valence-corrected chi connectivity index (χ3v) is 1.52. The molecule has 0 radical (unpaired) electrons. The quantitative estimate of drug-likeness (QED) is 0.635. The monoisotopic (exact) mass is 211 g/mol. The summed E-state index contributed by atoms with van der Waals surface area (Å²) in [6.45, 7) is 16.2. The summed E-state index contributed by atoms with van der Waals surface area (Å²) in [4.78, 5) is 3.99. The number of hydrogen-bond donors (Lipinski definition) is 0. The standard InChI is InChI=1S/C8H11N.3C2H6/c1-3-8-4-5-9-6-7(8)2;3*1-2/h4-6H,3H2,1-2H3;3*1-2H3. The van der Waals surface area contributed by atoms with E-state index in [9.17, 15) is 0 Å². The van der Waals surface area contributed by atoms with Crippen LogP contribution in [0.15, 0.2) is 18.5 Å². The SMILES string of the molecule is CC.CC.CC.CCc1ccncc1C. The molecule has 90 valence electrons. The second-order valence-corrected chi connectivity index (χ2v) is 2.16. The predicted octanol–water partition coefficient (Wildman–Crippen LogP) is 5.03. The largest absolute Gasteiger partial charge is 0.264 e. The van der Waals surface area contributed by atoms with Gasteiger partial charge in [0.2, 0.25) is 0 Å². The van der Waals surface area contributed by atoms with E-state index in [4.69, 9.17) is 0 Å². The lowest BCUT2D eigenvalue weighted by molar-refractivity contribution is 1.08. The van der Waals surface area contributed by atoms with E-state index in [1.54, 1.807) is 0 Å². The molecule has 0 spiro atoms. The van der Waals surface area contributed by atoms with Crippen molar-refractivity contribution in [3.8, 4) is 0 Å². The lowest BCUT2D eigenvalue weighted by atomic mass is 10.1. The Labute approximate surface area is 97.0 Å². The highest BCUT2D eigenvalue weighted by Gasteiger charge is 1.90. The van der Waals surface area contributed by atoms with Crippen molar-refractivity contribution in [2.24, 2.45) is 0 Å². The van der Waals surface area contributed by atoms with Gasteiger partial charge in [-0.15, -0.1) is 0 Å². The molecule has 0 unspecified atom stereocenters. The Balaban J connectivity index is -0.000000208. The van der Waals surface area contributed by atoms with Crippen LogP contribution in [-0.2, 0) is 6.42 Å². The fourth-order valence-electron chi connectivity index (χ4n) is 0.899.